The Balaban J connectivity index is 2.11. The molecule has 0 radical (unpaired) electrons. The van der Waals surface area contributed by atoms with Crippen molar-refractivity contribution in [2.75, 3.05) is 19.7 Å². The van der Waals surface area contributed by atoms with Crippen LogP contribution in [0.3, 0.4) is 0 Å². The van der Waals surface area contributed by atoms with Crippen molar-refractivity contribution in [1.82, 2.24) is 5.32 Å². The minimum atomic E-state index is -0.399. The van der Waals surface area contributed by atoms with Crippen molar-refractivity contribution in [2.45, 2.75) is 6.10 Å². The van der Waals surface area contributed by atoms with Crippen molar-refractivity contribution in [1.29, 1.82) is 0 Å². The molecule has 0 unspecified atom stereocenters. The lowest BCUT2D eigenvalue weighted by atomic mass is 10.1. The molecule has 0 amide bonds. The Bertz CT molecular complexity index is 344. The van der Waals surface area contributed by atoms with E-state index in [2.05, 4.69) is 5.32 Å². The highest BCUT2D eigenvalue weighted by Crippen LogP contribution is 2.21. The number of nitrogens with zero attached hydrogens (tertiary/aromatic N) is 1. The SMILES string of the molecule is O=[N+]([O-])c1ccc([C@H]2CNCCO2)cc1. The van der Waals surface area contributed by atoms with Crippen LogP contribution in [-0.2, 0) is 4.74 Å². The fourth-order valence-electron chi connectivity index (χ4n) is 1.59. The molecule has 0 aromatic heterocycles. The van der Waals surface area contributed by atoms with Gasteiger partial charge < -0.3 is 10.1 Å². The van der Waals surface area contributed by atoms with Gasteiger partial charge in [0.15, 0.2) is 0 Å². The second kappa shape index (κ2) is 4.37. The van der Waals surface area contributed by atoms with Crippen LogP contribution in [-0.4, -0.2) is 24.6 Å². The average molecular weight is 208 g/mol. The summed E-state index contributed by atoms with van der Waals surface area (Å²) in [5.74, 6) is 0. The number of nitrogens with one attached hydrogen (secondary N) is 1. The lowest BCUT2D eigenvalue weighted by Crippen LogP contribution is -2.33. The molecule has 1 heterocycles. The van der Waals surface area contributed by atoms with Crippen LogP contribution >= 0.6 is 0 Å². The summed E-state index contributed by atoms with van der Waals surface area (Å²) in [5, 5.41) is 13.7. The molecule has 1 saturated heterocycles. The first-order valence-corrected chi connectivity index (χ1v) is 4.84. The molecule has 0 bridgehead atoms. The largest absolute Gasteiger partial charge is 0.371 e. The standard InChI is InChI=1S/C10H12N2O3/c13-12(14)9-3-1-8(2-4-9)10-7-11-5-6-15-10/h1-4,10-11H,5-7H2/t10-/m1/s1. The summed E-state index contributed by atoms with van der Waals surface area (Å²) in [6.45, 7) is 2.31. The van der Waals surface area contributed by atoms with Crippen LogP contribution in [0.5, 0.6) is 0 Å². The number of non-ortho nitro benzene ring substituents is 1. The zero-order valence-electron chi connectivity index (χ0n) is 8.18. The minimum absolute atomic E-state index is 0.0135. The molecule has 0 spiro atoms. The molecule has 1 aliphatic heterocycles. The Labute approximate surface area is 87.2 Å². The van der Waals surface area contributed by atoms with Crippen molar-refractivity contribution < 1.29 is 9.66 Å². The number of nitro benzene ring substituents is 1. The lowest BCUT2D eigenvalue weighted by molar-refractivity contribution is -0.384. The maximum absolute atomic E-state index is 10.5. The lowest BCUT2D eigenvalue weighted by Gasteiger charge is -2.23. The number of benzene rings is 1. The first-order chi connectivity index (χ1) is 7.27. The summed E-state index contributed by atoms with van der Waals surface area (Å²) in [6.07, 6.45) is 0.0135. The van der Waals surface area contributed by atoms with Crippen molar-refractivity contribution in [2.24, 2.45) is 0 Å². The van der Waals surface area contributed by atoms with Gasteiger partial charge in [0.05, 0.1) is 17.6 Å². The smallest absolute Gasteiger partial charge is 0.269 e. The van der Waals surface area contributed by atoms with E-state index in [1.165, 1.54) is 12.1 Å². The summed E-state index contributed by atoms with van der Waals surface area (Å²) < 4.78 is 5.53. The van der Waals surface area contributed by atoms with Crippen molar-refractivity contribution in [3.8, 4) is 0 Å². The second-order valence-corrected chi connectivity index (χ2v) is 3.41. The molecular weight excluding hydrogens is 196 g/mol. The minimum Gasteiger partial charge on any atom is -0.371 e. The van der Waals surface area contributed by atoms with E-state index in [0.29, 0.717) is 6.61 Å². The van der Waals surface area contributed by atoms with Crippen LogP contribution in [0.2, 0.25) is 0 Å². The molecule has 15 heavy (non-hydrogen) atoms. The molecule has 1 aromatic carbocycles. The van der Waals surface area contributed by atoms with Crippen LogP contribution in [0.15, 0.2) is 24.3 Å². The quantitative estimate of drug-likeness (QED) is 0.587. The summed E-state index contributed by atoms with van der Waals surface area (Å²) in [7, 11) is 0. The van der Waals surface area contributed by atoms with Crippen molar-refractivity contribution in [3.05, 3.63) is 39.9 Å². The normalized spacial score (nSPS) is 21.2. The van der Waals surface area contributed by atoms with Crippen LogP contribution in [0.25, 0.3) is 0 Å². The Morgan fingerprint density at radius 3 is 2.67 bits per heavy atom. The van der Waals surface area contributed by atoms with Gasteiger partial charge >= 0.3 is 0 Å². The maximum atomic E-state index is 10.5. The molecule has 5 heteroatoms. The highest BCUT2D eigenvalue weighted by molar-refractivity contribution is 5.34. The predicted octanol–water partition coefficient (Wildman–Crippen LogP) is 1.26. The second-order valence-electron chi connectivity index (χ2n) is 3.41. The van der Waals surface area contributed by atoms with Gasteiger partial charge in [-0.05, 0) is 17.7 Å². The summed E-state index contributed by atoms with van der Waals surface area (Å²) in [6, 6.07) is 6.51. The molecule has 1 atom stereocenters. The Kier molecular flexibility index (Phi) is 2.94. The van der Waals surface area contributed by atoms with Crippen LogP contribution in [0.1, 0.15) is 11.7 Å². The van der Waals surface area contributed by atoms with Crippen LogP contribution in [0.4, 0.5) is 5.69 Å². The van der Waals surface area contributed by atoms with Crippen LogP contribution in [0, 0.1) is 10.1 Å². The summed E-state index contributed by atoms with van der Waals surface area (Å²) in [4.78, 5) is 10.1. The van der Waals surface area contributed by atoms with Gasteiger partial charge in [-0.15, -0.1) is 0 Å². The topological polar surface area (TPSA) is 64.4 Å². The third kappa shape index (κ3) is 2.31. The maximum Gasteiger partial charge on any atom is 0.269 e. The first-order valence-electron chi connectivity index (χ1n) is 4.84. The molecule has 0 aliphatic carbocycles. The van der Waals surface area contributed by atoms with Gasteiger partial charge in [0.1, 0.15) is 0 Å². The van der Waals surface area contributed by atoms with Gasteiger partial charge in [-0.3, -0.25) is 10.1 Å². The van der Waals surface area contributed by atoms with E-state index in [1.54, 1.807) is 12.1 Å². The molecule has 2 rings (SSSR count). The fraction of sp³-hybridized carbons (Fsp3) is 0.400. The predicted molar refractivity (Wildman–Crippen MR) is 54.7 cm³/mol. The highest BCUT2D eigenvalue weighted by Gasteiger charge is 2.16. The number of nitro groups is 1. The molecule has 5 nitrogen and oxygen atoms in total. The summed E-state index contributed by atoms with van der Waals surface area (Å²) >= 11 is 0. The van der Waals surface area contributed by atoms with Gasteiger partial charge in [-0.1, -0.05) is 0 Å². The van der Waals surface area contributed by atoms with E-state index in [4.69, 9.17) is 4.74 Å². The average Bonchev–Trinajstić information content (AvgIpc) is 2.30. The van der Waals surface area contributed by atoms with Gasteiger partial charge in [0.25, 0.3) is 5.69 Å². The number of morpholine rings is 1. The molecule has 1 aromatic rings. The van der Waals surface area contributed by atoms with Crippen molar-refractivity contribution in [3.63, 3.8) is 0 Å². The monoisotopic (exact) mass is 208 g/mol. The molecule has 1 aliphatic rings. The van der Waals surface area contributed by atoms with E-state index in [-0.39, 0.29) is 11.8 Å². The number of rotatable bonds is 2. The van der Waals surface area contributed by atoms with Crippen molar-refractivity contribution >= 4 is 5.69 Å². The molecule has 0 saturated carbocycles. The Morgan fingerprint density at radius 2 is 2.13 bits per heavy atom. The zero-order valence-corrected chi connectivity index (χ0v) is 8.18. The van der Waals surface area contributed by atoms with Gasteiger partial charge in [0.2, 0.25) is 0 Å². The van der Waals surface area contributed by atoms with Crippen LogP contribution < -0.4 is 5.32 Å². The van der Waals surface area contributed by atoms with E-state index in [1.807, 2.05) is 0 Å². The Hall–Kier alpha value is -1.46. The first kappa shape index (κ1) is 10.1. The third-order valence-corrected chi connectivity index (χ3v) is 2.40. The number of hydrogen-bond donors (Lipinski definition) is 1. The molecule has 1 fully saturated rings. The highest BCUT2D eigenvalue weighted by atomic mass is 16.6. The zero-order chi connectivity index (χ0) is 10.7. The van der Waals surface area contributed by atoms with Gasteiger partial charge in [0, 0.05) is 25.2 Å². The van der Waals surface area contributed by atoms with E-state index in [9.17, 15) is 10.1 Å². The molecule has 1 N–H and O–H groups in total. The van der Waals surface area contributed by atoms with Gasteiger partial charge in [-0.2, -0.15) is 0 Å². The molecular formula is C10H12N2O3. The third-order valence-electron chi connectivity index (χ3n) is 2.40. The number of ether oxygens (including phenoxy) is 1. The molecule has 80 valence electrons. The number of hydrogen-bond acceptors (Lipinski definition) is 4. The summed E-state index contributed by atoms with van der Waals surface area (Å²) in [5.41, 5.74) is 1.09. The van der Waals surface area contributed by atoms with E-state index >= 15 is 0 Å². The van der Waals surface area contributed by atoms with Gasteiger partial charge in [-0.25, -0.2) is 0 Å². The Morgan fingerprint density at radius 1 is 1.40 bits per heavy atom. The van der Waals surface area contributed by atoms with E-state index < -0.39 is 4.92 Å². The fourth-order valence-corrected chi connectivity index (χ4v) is 1.59. The van der Waals surface area contributed by atoms with E-state index in [0.717, 1.165) is 18.7 Å².